The molecular weight excluding hydrogens is 831 g/mol. The Kier molecular flexibility index (Phi) is 55.4. The van der Waals surface area contributed by atoms with Gasteiger partial charge in [0.1, 0.15) is 0 Å². The molecular formula is C64H109NO3. The van der Waals surface area contributed by atoms with E-state index in [1.807, 2.05) is 0 Å². The number of unbranched alkanes of at least 4 members (excludes halogenated alkanes) is 24. The highest BCUT2D eigenvalue weighted by molar-refractivity contribution is 5.76. The van der Waals surface area contributed by atoms with E-state index in [1.165, 1.54) is 135 Å². The largest absolute Gasteiger partial charge is 0.394 e. The Labute approximate surface area is 422 Å². The van der Waals surface area contributed by atoms with Crippen LogP contribution in [0, 0.1) is 0 Å². The summed E-state index contributed by atoms with van der Waals surface area (Å²) in [7, 11) is 0. The van der Waals surface area contributed by atoms with Gasteiger partial charge in [-0.2, -0.15) is 0 Å². The first-order chi connectivity index (χ1) is 33.7. The van der Waals surface area contributed by atoms with Gasteiger partial charge in [0.2, 0.25) is 5.91 Å². The zero-order chi connectivity index (χ0) is 49.2. The van der Waals surface area contributed by atoms with E-state index in [0.29, 0.717) is 12.8 Å². The van der Waals surface area contributed by atoms with E-state index < -0.39 is 12.1 Å². The lowest BCUT2D eigenvalue weighted by Crippen LogP contribution is -2.45. The number of aliphatic hydroxyl groups excluding tert-OH is 2. The highest BCUT2D eigenvalue weighted by atomic mass is 16.3. The van der Waals surface area contributed by atoms with Gasteiger partial charge in [0.15, 0.2) is 0 Å². The first kappa shape index (κ1) is 64.8. The molecule has 1 amide bonds. The minimum Gasteiger partial charge on any atom is -0.394 e. The van der Waals surface area contributed by atoms with Crippen molar-refractivity contribution in [2.24, 2.45) is 0 Å². The monoisotopic (exact) mass is 940 g/mol. The van der Waals surface area contributed by atoms with Gasteiger partial charge in [0.05, 0.1) is 18.8 Å². The minimum atomic E-state index is -0.671. The fraction of sp³-hybridized carbons (Fsp3) is 0.672. The lowest BCUT2D eigenvalue weighted by Gasteiger charge is -2.22. The number of carbonyl (C=O) groups excluding carboxylic acids is 1. The van der Waals surface area contributed by atoms with E-state index in [4.69, 9.17) is 0 Å². The molecule has 4 nitrogen and oxygen atoms in total. The van der Waals surface area contributed by atoms with Gasteiger partial charge in [-0.05, 0) is 89.9 Å². The maximum Gasteiger partial charge on any atom is 0.220 e. The van der Waals surface area contributed by atoms with Crippen LogP contribution in [-0.4, -0.2) is 34.9 Å². The summed E-state index contributed by atoms with van der Waals surface area (Å²) in [6.45, 7) is 4.24. The molecule has 2 unspecified atom stereocenters. The molecule has 0 radical (unpaired) electrons. The second kappa shape index (κ2) is 58.1. The van der Waals surface area contributed by atoms with Gasteiger partial charge in [0, 0.05) is 6.42 Å². The van der Waals surface area contributed by atoms with Crippen molar-refractivity contribution in [2.45, 2.75) is 270 Å². The van der Waals surface area contributed by atoms with Crippen LogP contribution in [0.4, 0.5) is 0 Å². The molecule has 0 spiro atoms. The number of amides is 1. The number of carbonyl (C=O) groups is 1. The molecule has 68 heavy (non-hydrogen) atoms. The summed E-state index contributed by atoms with van der Waals surface area (Å²) in [5, 5.41) is 23.3. The maximum absolute atomic E-state index is 12.5. The van der Waals surface area contributed by atoms with Gasteiger partial charge in [-0.15, -0.1) is 0 Å². The molecule has 0 aliphatic carbocycles. The molecule has 3 N–H and O–H groups in total. The summed E-state index contributed by atoms with van der Waals surface area (Å²) in [5.74, 6) is -0.0433. The van der Waals surface area contributed by atoms with E-state index in [2.05, 4.69) is 141 Å². The van der Waals surface area contributed by atoms with E-state index in [0.717, 1.165) is 96.3 Å². The molecule has 0 aromatic carbocycles. The topological polar surface area (TPSA) is 69.6 Å². The Morgan fingerprint density at radius 2 is 0.647 bits per heavy atom. The minimum absolute atomic E-state index is 0.0433. The SMILES string of the molecule is CC/C=C\C/C=C\C/C=C\C/C=C\C/C=C\C/C=C\C/C=C\C/C=C\C/C=C\C/C=C\CCCCCCCCCCC(=O)NC(CO)C(O)CCCCCCCCCCCCCCCCCCC. The Morgan fingerprint density at radius 1 is 0.368 bits per heavy atom. The summed E-state index contributed by atoms with van der Waals surface area (Å²) < 4.78 is 0. The summed E-state index contributed by atoms with van der Waals surface area (Å²) >= 11 is 0. The fourth-order valence-corrected chi connectivity index (χ4v) is 8.15. The molecule has 2 atom stereocenters. The van der Waals surface area contributed by atoms with Crippen molar-refractivity contribution in [3.63, 3.8) is 0 Å². The van der Waals surface area contributed by atoms with E-state index in [1.54, 1.807) is 0 Å². The van der Waals surface area contributed by atoms with Crippen LogP contribution in [0.25, 0.3) is 0 Å². The fourth-order valence-electron chi connectivity index (χ4n) is 8.15. The van der Waals surface area contributed by atoms with Crippen LogP contribution >= 0.6 is 0 Å². The number of rotatable bonds is 51. The molecule has 0 aliphatic heterocycles. The third kappa shape index (κ3) is 53.7. The maximum atomic E-state index is 12.5. The van der Waals surface area contributed by atoms with Crippen LogP contribution in [0.15, 0.2) is 122 Å². The molecule has 0 bridgehead atoms. The Morgan fingerprint density at radius 3 is 0.971 bits per heavy atom. The van der Waals surface area contributed by atoms with Gasteiger partial charge in [-0.25, -0.2) is 0 Å². The van der Waals surface area contributed by atoms with Crippen molar-refractivity contribution in [1.82, 2.24) is 5.32 Å². The molecule has 0 saturated heterocycles. The highest BCUT2D eigenvalue weighted by Crippen LogP contribution is 2.16. The van der Waals surface area contributed by atoms with Crippen molar-refractivity contribution >= 4 is 5.91 Å². The lowest BCUT2D eigenvalue weighted by atomic mass is 10.0. The first-order valence-corrected chi connectivity index (χ1v) is 28.7. The van der Waals surface area contributed by atoms with Gasteiger partial charge >= 0.3 is 0 Å². The first-order valence-electron chi connectivity index (χ1n) is 28.7. The van der Waals surface area contributed by atoms with Crippen LogP contribution in [0.1, 0.15) is 258 Å². The van der Waals surface area contributed by atoms with Crippen molar-refractivity contribution in [3.05, 3.63) is 122 Å². The molecule has 0 rings (SSSR count). The third-order valence-corrected chi connectivity index (χ3v) is 12.5. The van der Waals surface area contributed by atoms with E-state index in [9.17, 15) is 15.0 Å². The normalized spacial score (nSPS) is 13.8. The van der Waals surface area contributed by atoms with Gasteiger partial charge < -0.3 is 15.5 Å². The molecule has 0 fully saturated rings. The number of aliphatic hydroxyl groups is 2. The Balaban J connectivity index is 3.60. The standard InChI is InChI=1S/C64H109NO3/c1-3-5-7-9-11-13-15-17-19-21-22-23-24-25-26-27-28-29-30-31-32-33-34-35-36-37-38-39-40-41-42-44-46-48-50-52-54-56-58-60-64(68)65-62(61-66)63(67)59-57-55-53-51-49-47-45-43-20-18-16-14-12-10-8-6-4-2/h5,7,11,13,17,19,22-23,25-26,28-29,31-32,34-35,37-38,40-41,62-63,66-67H,3-4,6,8-10,12,14-16,18,20-21,24,27,30,33,36,39,42-61H2,1-2H3,(H,65,68)/b7-5-,13-11-,19-17-,23-22-,26-25-,29-28-,32-31-,35-34-,38-37-,41-40-. The predicted molar refractivity (Wildman–Crippen MR) is 303 cm³/mol. The molecule has 4 heteroatoms. The zero-order valence-electron chi connectivity index (χ0n) is 44.6. The van der Waals surface area contributed by atoms with Crippen LogP contribution in [-0.2, 0) is 4.79 Å². The smallest absolute Gasteiger partial charge is 0.220 e. The molecule has 0 aliphatic rings. The van der Waals surface area contributed by atoms with Crippen LogP contribution in [0.3, 0.4) is 0 Å². The second-order valence-corrected chi connectivity index (χ2v) is 19.0. The summed E-state index contributed by atoms with van der Waals surface area (Å²) in [5.41, 5.74) is 0. The van der Waals surface area contributed by atoms with Crippen molar-refractivity contribution in [3.8, 4) is 0 Å². The molecule has 0 aromatic rings. The van der Waals surface area contributed by atoms with Crippen molar-refractivity contribution < 1.29 is 15.0 Å². The van der Waals surface area contributed by atoms with Gasteiger partial charge in [-0.3, -0.25) is 4.79 Å². The van der Waals surface area contributed by atoms with Crippen LogP contribution in [0.5, 0.6) is 0 Å². The van der Waals surface area contributed by atoms with Crippen molar-refractivity contribution in [1.29, 1.82) is 0 Å². The van der Waals surface area contributed by atoms with Crippen molar-refractivity contribution in [2.75, 3.05) is 6.61 Å². The van der Waals surface area contributed by atoms with Gasteiger partial charge in [0.25, 0.3) is 0 Å². The van der Waals surface area contributed by atoms with Gasteiger partial charge in [-0.1, -0.05) is 283 Å². The summed E-state index contributed by atoms with van der Waals surface area (Å²) in [6.07, 6.45) is 88.9. The number of hydrogen-bond donors (Lipinski definition) is 3. The number of nitrogens with one attached hydrogen (secondary N) is 1. The Bertz CT molecular complexity index is 1340. The zero-order valence-corrected chi connectivity index (χ0v) is 44.6. The average Bonchev–Trinajstić information content (AvgIpc) is 3.34. The van der Waals surface area contributed by atoms with Crippen LogP contribution < -0.4 is 5.32 Å². The van der Waals surface area contributed by atoms with E-state index >= 15 is 0 Å². The highest BCUT2D eigenvalue weighted by Gasteiger charge is 2.20. The van der Waals surface area contributed by atoms with Crippen LogP contribution in [0.2, 0.25) is 0 Å². The lowest BCUT2D eigenvalue weighted by molar-refractivity contribution is -0.123. The second-order valence-electron chi connectivity index (χ2n) is 19.0. The summed E-state index contributed by atoms with van der Waals surface area (Å²) in [6, 6.07) is -0.549. The van der Waals surface area contributed by atoms with E-state index in [-0.39, 0.29) is 12.5 Å². The summed E-state index contributed by atoms with van der Waals surface area (Å²) in [4.78, 5) is 12.5. The molecule has 0 saturated carbocycles. The average molecular weight is 941 g/mol. The number of hydrogen-bond acceptors (Lipinski definition) is 3. The third-order valence-electron chi connectivity index (χ3n) is 12.5. The number of allylic oxidation sites excluding steroid dienone is 20. The molecule has 388 valence electrons. The Hall–Kier alpha value is -3.21. The predicted octanol–water partition coefficient (Wildman–Crippen LogP) is 19.2. The molecule has 0 aromatic heterocycles. The quantitative estimate of drug-likeness (QED) is 0.0420. The molecule has 0 heterocycles.